The fraction of sp³-hybridized carbons (Fsp3) is 0.414. The molecule has 1 heterocycles. The maximum absolute atomic E-state index is 13.2. The van der Waals surface area contributed by atoms with Crippen molar-refractivity contribution in [3.05, 3.63) is 72.4 Å². The Morgan fingerprint density at radius 3 is 2.31 bits per heavy atom. The summed E-state index contributed by atoms with van der Waals surface area (Å²) < 4.78 is 80.6. The fourth-order valence-electron chi connectivity index (χ4n) is 3.94. The minimum absolute atomic E-state index is 0.0996. The van der Waals surface area contributed by atoms with Gasteiger partial charge in [-0.25, -0.2) is 0 Å². The van der Waals surface area contributed by atoms with Gasteiger partial charge in [0, 0.05) is 41.7 Å². The summed E-state index contributed by atoms with van der Waals surface area (Å²) in [5.41, 5.74) is -4.03. The Bertz CT molecular complexity index is 1480. The number of carbonyl (C=O) groups is 1. The molecule has 3 aromatic rings. The van der Waals surface area contributed by atoms with Crippen molar-refractivity contribution in [2.75, 3.05) is 22.8 Å². The first-order valence-electron chi connectivity index (χ1n) is 13.3. The largest absolute Gasteiger partial charge is 0.516 e. The van der Waals surface area contributed by atoms with E-state index in [0.717, 1.165) is 12.8 Å². The lowest BCUT2D eigenvalue weighted by molar-refractivity contribution is -0.115. The molecule has 1 aromatic heterocycles. The van der Waals surface area contributed by atoms with E-state index in [1.165, 1.54) is 33.9 Å². The van der Waals surface area contributed by atoms with Gasteiger partial charge in [-0.3, -0.25) is 13.9 Å². The number of hydrogen-bond donors (Lipinski definition) is 1. The predicted octanol–water partition coefficient (Wildman–Crippen LogP) is 6.96. The quantitative estimate of drug-likeness (QED) is 0.128. The van der Waals surface area contributed by atoms with Crippen molar-refractivity contribution in [3.63, 3.8) is 0 Å². The zero-order chi connectivity index (χ0) is 31.1. The highest BCUT2D eigenvalue weighted by atomic mass is 32.2. The van der Waals surface area contributed by atoms with E-state index in [1.54, 1.807) is 24.3 Å². The molecule has 2 aromatic carbocycles. The highest BCUT2D eigenvalue weighted by Gasteiger charge is 2.46. The second kappa shape index (κ2) is 13.5. The maximum Gasteiger partial charge on any atom is 0.516 e. The zero-order valence-electron chi connectivity index (χ0n) is 23.7. The molecule has 0 fully saturated rings. The Hall–Kier alpha value is -3.74. The Morgan fingerprint density at radius 1 is 1.02 bits per heavy atom. The highest BCUT2D eigenvalue weighted by molar-refractivity contribution is 7.93. The van der Waals surface area contributed by atoms with Crippen LogP contribution in [0, 0.1) is 0 Å². The molecule has 0 atom stereocenters. The minimum atomic E-state index is -5.54. The monoisotopic (exact) mass is 610 g/mol. The molecular formula is C29H34F4N4O4S. The van der Waals surface area contributed by atoms with E-state index >= 15 is 0 Å². The standard InChI is InChI=1S/C29H34F4N4O4S/c1-20(16-17-30)26(38)37(18-7-5-6-11-25-34-27(35-41-25)28(2,3)4)24-10-8-9-22(19-24)21-12-14-23(15-13-21)36-42(39,40)29(31,32)33/h8-10,12-15,19,36H,1,5-7,11,16-18H2,2-4H3. The third-order valence-electron chi connectivity index (χ3n) is 6.29. The number of unbranched alkanes of at least 4 members (excludes halogenated alkanes) is 2. The van der Waals surface area contributed by atoms with Gasteiger partial charge in [0.15, 0.2) is 5.82 Å². The van der Waals surface area contributed by atoms with E-state index in [0.29, 0.717) is 47.9 Å². The summed E-state index contributed by atoms with van der Waals surface area (Å²) in [5, 5.41) is 4.02. The molecule has 0 unspecified atom stereocenters. The molecule has 0 radical (unpaired) electrons. The SMILES string of the molecule is C=C(CCF)C(=O)N(CCCCCc1nc(C(C)(C)C)no1)c1cccc(-c2ccc(NS(=O)(=O)C(F)(F)F)cc2)c1. The van der Waals surface area contributed by atoms with Gasteiger partial charge in [-0.05, 0) is 48.2 Å². The number of carbonyl (C=O) groups excluding carboxylic acids is 1. The van der Waals surface area contributed by atoms with Crippen LogP contribution in [-0.2, 0) is 26.7 Å². The molecule has 3 rings (SSSR count). The van der Waals surface area contributed by atoms with Crippen LogP contribution in [0.25, 0.3) is 11.1 Å². The predicted molar refractivity (Wildman–Crippen MR) is 153 cm³/mol. The van der Waals surface area contributed by atoms with E-state index < -0.39 is 28.1 Å². The molecule has 0 bridgehead atoms. The summed E-state index contributed by atoms with van der Waals surface area (Å²) in [7, 11) is -5.54. The summed E-state index contributed by atoms with van der Waals surface area (Å²) >= 11 is 0. The van der Waals surface area contributed by atoms with Crippen LogP contribution in [0.5, 0.6) is 0 Å². The molecule has 0 spiro atoms. The number of benzene rings is 2. The number of sulfonamides is 1. The van der Waals surface area contributed by atoms with Gasteiger partial charge in [0.25, 0.3) is 5.91 Å². The summed E-state index contributed by atoms with van der Waals surface area (Å²) in [4.78, 5) is 19.1. The number of aromatic nitrogens is 2. The van der Waals surface area contributed by atoms with Crippen molar-refractivity contribution in [2.24, 2.45) is 0 Å². The summed E-state index contributed by atoms with van der Waals surface area (Å²) in [6.45, 7) is 9.35. The van der Waals surface area contributed by atoms with Crippen LogP contribution >= 0.6 is 0 Å². The van der Waals surface area contributed by atoms with Crippen molar-refractivity contribution in [1.82, 2.24) is 10.1 Å². The fourth-order valence-corrected chi connectivity index (χ4v) is 4.50. The molecular weight excluding hydrogens is 576 g/mol. The number of alkyl halides is 4. The Balaban J connectivity index is 1.72. The van der Waals surface area contributed by atoms with Gasteiger partial charge in [-0.2, -0.15) is 26.6 Å². The van der Waals surface area contributed by atoms with Crippen molar-refractivity contribution in [3.8, 4) is 11.1 Å². The Kier molecular flexibility index (Phi) is 10.5. The number of nitrogens with one attached hydrogen (secondary N) is 1. The van der Waals surface area contributed by atoms with Crippen molar-refractivity contribution in [1.29, 1.82) is 0 Å². The zero-order valence-corrected chi connectivity index (χ0v) is 24.5. The second-order valence-electron chi connectivity index (χ2n) is 10.8. The minimum Gasteiger partial charge on any atom is -0.339 e. The van der Waals surface area contributed by atoms with Gasteiger partial charge in [0.1, 0.15) is 0 Å². The topological polar surface area (TPSA) is 105 Å². The molecule has 0 saturated carbocycles. The molecule has 228 valence electrons. The van der Waals surface area contributed by atoms with E-state index in [9.17, 15) is 30.8 Å². The number of rotatable bonds is 13. The maximum atomic E-state index is 13.2. The summed E-state index contributed by atoms with van der Waals surface area (Å²) in [6.07, 6.45) is 2.63. The van der Waals surface area contributed by atoms with Gasteiger partial charge in [0.2, 0.25) is 5.89 Å². The number of amides is 1. The number of nitrogens with zero attached hydrogens (tertiary/aromatic N) is 3. The lowest BCUT2D eigenvalue weighted by Gasteiger charge is -2.24. The van der Waals surface area contributed by atoms with Crippen LogP contribution < -0.4 is 9.62 Å². The first kappa shape index (κ1) is 32.8. The molecule has 42 heavy (non-hydrogen) atoms. The smallest absolute Gasteiger partial charge is 0.339 e. The van der Waals surface area contributed by atoms with E-state index in [-0.39, 0.29) is 23.1 Å². The highest BCUT2D eigenvalue weighted by Crippen LogP contribution is 2.29. The molecule has 0 aliphatic heterocycles. The van der Waals surface area contributed by atoms with Crippen LogP contribution in [0.2, 0.25) is 0 Å². The lowest BCUT2D eigenvalue weighted by Crippen LogP contribution is -2.33. The van der Waals surface area contributed by atoms with E-state index in [2.05, 4.69) is 16.7 Å². The van der Waals surface area contributed by atoms with Gasteiger partial charge >= 0.3 is 15.5 Å². The molecule has 0 saturated heterocycles. The molecule has 1 N–H and O–H groups in total. The van der Waals surface area contributed by atoms with Crippen LogP contribution in [0.3, 0.4) is 0 Å². The molecule has 0 aliphatic rings. The van der Waals surface area contributed by atoms with Gasteiger partial charge < -0.3 is 9.42 Å². The molecule has 13 heteroatoms. The van der Waals surface area contributed by atoms with Crippen molar-refractivity contribution in [2.45, 2.75) is 63.8 Å². The Labute approximate surface area is 242 Å². The van der Waals surface area contributed by atoms with Gasteiger partial charge in [0.05, 0.1) is 6.67 Å². The average molecular weight is 611 g/mol. The van der Waals surface area contributed by atoms with Gasteiger partial charge in [-0.15, -0.1) is 0 Å². The second-order valence-corrected chi connectivity index (χ2v) is 12.4. The average Bonchev–Trinajstić information content (AvgIpc) is 3.40. The number of anilines is 2. The first-order valence-corrected chi connectivity index (χ1v) is 14.8. The van der Waals surface area contributed by atoms with Crippen LogP contribution in [-0.4, -0.2) is 43.2 Å². The van der Waals surface area contributed by atoms with E-state index in [4.69, 9.17) is 4.52 Å². The Morgan fingerprint density at radius 2 is 1.71 bits per heavy atom. The van der Waals surface area contributed by atoms with E-state index in [1.807, 2.05) is 20.8 Å². The summed E-state index contributed by atoms with van der Waals surface area (Å²) in [5.74, 6) is 0.778. The van der Waals surface area contributed by atoms with Crippen LogP contribution in [0.1, 0.15) is 58.2 Å². The number of halogens is 4. The first-order chi connectivity index (χ1) is 19.6. The number of hydrogen-bond acceptors (Lipinski definition) is 6. The van der Waals surface area contributed by atoms with Crippen LogP contribution in [0.4, 0.5) is 28.9 Å². The lowest BCUT2D eigenvalue weighted by atomic mass is 9.96. The normalized spacial score (nSPS) is 12.3. The van der Waals surface area contributed by atoms with Crippen molar-refractivity contribution >= 4 is 27.3 Å². The third kappa shape index (κ3) is 8.63. The summed E-state index contributed by atoms with van der Waals surface area (Å²) in [6, 6.07) is 12.3. The molecule has 1 amide bonds. The van der Waals surface area contributed by atoms with Crippen molar-refractivity contribution < 1.29 is 35.3 Å². The van der Waals surface area contributed by atoms with Gasteiger partial charge in [-0.1, -0.05) is 63.2 Å². The molecule has 8 nitrogen and oxygen atoms in total. The third-order valence-corrected chi connectivity index (χ3v) is 7.40. The van der Waals surface area contributed by atoms with Crippen LogP contribution in [0.15, 0.2) is 65.2 Å². The molecule has 0 aliphatic carbocycles. The number of aryl methyl sites for hydroxylation is 1.